The molecule has 0 fully saturated rings. The molecule has 2 aromatic rings. The molecule has 0 atom stereocenters. The molecule has 0 unspecified atom stereocenters. The van der Waals surface area contributed by atoms with Crippen LogP contribution in [0.4, 0.5) is 0 Å². The number of carbonyl (C=O) groups is 1. The van der Waals surface area contributed by atoms with Gasteiger partial charge in [-0.15, -0.1) is 10.2 Å². The Morgan fingerprint density at radius 1 is 1.29 bits per heavy atom. The lowest BCUT2D eigenvalue weighted by Gasteiger charge is -2.09. The molecule has 0 aromatic carbocycles. The standard InChI is InChI=1S/C13H17N5O2S/c14-11(20)9-21-13-17-16-12(10-3-5-15-6-4-10)18(13)7-1-2-8-19/h3-6,19H,1-2,7-9H2,(H2,14,20). The zero-order valence-electron chi connectivity index (χ0n) is 11.5. The Bertz CT molecular complexity index is 588. The first-order valence-corrected chi connectivity index (χ1v) is 7.56. The molecular weight excluding hydrogens is 290 g/mol. The first kappa shape index (κ1) is 15.5. The predicted octanol–water partition coefficient (Wildman–Crippen LogP) is 0.690. The van der Waals surface area contributed by atoms with Crippen molar-refractivity contribution in [3.05, 3.63) is 24.5 Å². The smallest absolute Gasteiger partial charge is 0.227 e. The molecular formula is C13H17N5O2S. The number of nitrogens with two attached hydrogens (primary N) is 1. The predicted molar refractivity (Wildman–Crippen MR) is 79.5 cm³/mol. The molecule has 2 aromatic heterocycles. The summed E-state index contributed by atoms with van der Waals surface area (Å²) >= 11 is 1.27. The fourth-order valence-electron chi connectivity index (χ4n) is 1.83. The SMILES string of the molecule is NC(=O)CSc1nnc(-c2ccncc2)n1CCCCO. The highest BCUT2D eigenvalue weighted by molar-refractivity contribution is 7.99. The van der Waals surface area contributed by atoms with Gasteiger partial charge >= 0.3 is 0 Å². The number of aliphatic hydroxyl groups is 1. The van der Waals surface area contributed by atoms with Crippen LogP contribution in [0.3, 0.4) is 0 Å². The lowest BCUT2D eigenvalue weighted by atomic mass is 10.2. The van der Waals surface area contributed by atoms with E-state index in [2.05, 4.69) is 15.2 Å². The first-order valence-electron chi connectivity index (χ1n) is 6.58. The van der Waals surface area contributed by atoms with Gasteiger partial charge in [0.1, 0.15) is 0 Å². The summed E-state index contributed by atoms with van der Waals surface area (Å²) in [6, 6.07) is 3.71. The Morgan fingerprint density at radius 2 is 2.05 bits per heavy atom. The minimum atomic E-state index is -0.393. The minimum Gasteiger partial charge on any atom is -0.396 e. The van der Waals surface area contributed by atoms with Crippen molar-refractivity contribution in [1.82, 2.24) is 19.7 Å². The Hall–Kier alpha value is -1.93. The van der Waals surface area contributed by atoms with Crippen molar-refractivity contribution in [3.63, 3.8) is 0 Å². The number of aromatic nitrogens is 4. The molecule has 1 amide bonds. The Kier molecular flexibility index (Phi) is 5.70. The van der Waals surface area contributed by atoms with E-state index < -0.39 is 5.91 Å². The molecule has 2 rings (SSSR count). The van der Waals surface area contributed by atoms with Crippen LogP contribution in [0.2, 0.25) is 0 Å². The maximum Gasteiger partial charge on any atom is 0.227 e. The summed E-state index contributed by atoms with van der Waals surface area (Å²) in [7, 11) is 0. The van der Waals surface area contributed by atoms with Gasteiger partial charge < -0.3 is 15.4 Å². The van der Waals surface area contributed by atoms with Gasteiger partial charge in [-0.25, -0.2) is 0 Å². The molecule has 0 saturated heterocycles. The summed E-state index contributed by atoms with van der Waals surface area (Å²) in [6.45, 7) is 0.822. The van der Waals surface area contributed by atoms with Gasteiger partial charge in [-0.1, -0.05) is 11.8 Å². The zero-order chi connectivity index (χ0) is 15.1. The first-order chi connectivity index (χ1) is 10.2. The van der Waals surface area contributed by atoms with E-state index in [-0.39, 0.29) is 12.4 Å². The number of carbonyl (C=O) groups excluding carboxylic acids is 1. The summed E-state index contributed by atoms with van der Waals surface area (Å²) in [6.07, 6.45) is 4.89. The summed E-state index contributed by atoms with van der Waals surface area (Å²) in [5.41, 5.74) is 6.08. The number of thioether (sulfide) groups is 1. The van der Waals surface area contributed by atoms with Gasteiger partial charge in [-0.05, 0) is 25.0 Å². The van der Waals surface area contributed by atoms with E-state index in [9.17, 15) is 4.79 Å². The molecule has 0 saturated carbocycles. The maximum absolute atomic E-state index is 10.9. The van der Waals surface area contributed by atoms with E-state index in [1.165, 1.54) is 11.8 Å². The van der Waals surface area contributed by atoms with Crippen molar-refractivity contribution in [3.8, 4) is 11.4 Å². The number of hydrogen-bond donors (Lipinski definition) is 2. The summed E-state index contributed by atoms with van der Waals surface area (Å²) < 4.78 is 1.94. The van der Waals surface area contributed by atoms with Crippen molar-refractivity contribution in [2.24, 2.45) is 5.73 Å². The summed E-state index contributed by atoms with van der Waals surface area (Å²) in [4.78, 5) is 14.9. The van der Waals surface area contributed by atoms with Crippen molar-refractivity contribution in [2.75, 3.05) is 12.4 Å². The van der Waals surface area contributed by atoms with Crippen LogP contribution in [0, 0.1) is 0 Å². The number of unbranched alkanes of at least 4 members (excludes halogenated alkanes) is 1. The molecule has 112 valence electrons. The number of rotatable bonds is 8. The molecule has 3 N–H and O–H groups in total. The lowest BCUT2D eigenvalue weighted by Crippen LogP contribution is -2.14. The second-order valence-electron chi connectivity index (χ2n) is 4.38. The molecule has 0 aliphatic heterocycles. The number of hydrogen-bond acceptors (Lipinski definition) is 6. The largest absolute Gasteiger partial charge is 0.396 e. The third-order valence-corrected chi connectivity index (χ3v) is 3.78. The van der Waals surface area contributed by atoms with Crippen LogP contribution in [-0.4, -0.2) is 43.1 Å². The van der Waals surface area contributed by atoms with E-state index in [1.54, 1.807) is 12.4 Å². The van der Waals surface area contributed by atoms with Crippen molar-refractivity contribution in [1.29, 1.82) is 0 Å². The van der Waals surface area contributed by atoms with Crippen molar-refractivity contribution < 1.29 is 9.90 Å². The van der Waals surface area contributed by atoms with Gasteiger partial charge in [0.15, 0.2) is 11.0 Å². The molecule has 2 heterocycles. The molecule has 0 bridgehead atoms. The topological polar surface area (TPSA) is 107 Å². The number of pyridine rings is 1. The molecule has 7 nitrogen and oxygen atoms in total. The van der Waals surface area contributed by atoms with Crippen LogP contribution in [0.15, 0.2) is 29.7 Å². The van der Waals surface area contributed by atoms with Crippen LogP contribution in [-0.2, 0) is 11.3 Å². The average Bonchev–Trinajstić information content (AvgIpc) is 2.89. The maximum atomic E-state index is 10.9. The molecule has 0 aliphatic carbocycles. The van der Waals surface area contributed by atoms with Gasteiger partial charge in [0.2, 0.25) is 5.91 Å². The highest BCUT2D eigenvalue weighted by atomic mass is 32.2. The molecule has 0 aliphatic rings. The quantitative estimate of drug-likeness (QED) is 0.549. The summed E-state index contributed by atoms with van der Waals surface area (Å²) in [5.74, 6) is 0.492. The third-order valence-electron chi connectivity index (χ3n) is 2.79. The van der Waals surface area contributed by atoms with E-state index in [0.717, 1.165) is 17.8 Å². The van der Waals surface area contributed by atoms with Gasteiger partial charge in [0.25, 0.3) is 0 Å². The number of nitrogens with zero attached hydrogens (tertiary/aromatic N) is 4. The molecule has 0 radical (unpaired) electrons. The average molecular weight is 307 g/mol. The van der Waals surface area contributed by atoms with Crippen LogP contribution >= 0.6 is 11.8 Å². The van der Waals surface area contributed by atoms with Gasteiger partial charge in [0.05, 0.1) is 5.75 Å². The van der Waals surface area contributed by atoms with Crippen molar-refractivity contribution >= 4 is 17.7 Å². The van der Waals surface area contributed by atoms with E-state index >= 15 is 0 Å². The monoisotopic (exact) mass is 307 g/mol. The fraction of sp³-hybridized carbons (Fsp3) is 0.385. The zero-order valence-corrected chi connectivity index (χ0v) is 12.3. The fourth-order valence-corrected chi connectivity index (χ4v) is 2.53. The normalized spacial score (nSPS) is 10.7. The molecule has 8 heteroatoms. The van der Waals surface area contributed by atoms with Crippen LogP contribution < -0.4 is 5.73 Å². The number of primary amides is 1. The lowest BCUT2D eigenvalue weighted by molar-refractivity contribution is -0.115. The van der Waals surface area contributed by atoms with E-state index in [4.69, 9.17) is 10.8 Å². The highest BCUT2D eigenvalue weighted by Gasteiger charge is 2.14. The molecule has 21 heavy (non-hydrogen) atoms. The van der Waals surface area contributed by atoms with Gasteiger partial charge in [-0.2, -0.15) is 0 Å². The number of amides is 1. The number of aliphatic hydroxyl groups excluding tert-OH is 1. The second-order valence-corrected chi connectivity index (χ2v) is 5.32. The Morgan fingerprint density at radius 3 is 2.71 bits per heavy atom. The molecule has 0 spiro atoms. The second kappa shape index (κ2) is 7.75. The van der Waals surface area contributed by atoms with Gasteiger partial charge in [0, 0.05) is 31.1 Å². The van der Waals surface area contributed by atoms with Crippen molar-refractivity contribution in [2.45, 2.75) is 24.5 Å². The van der Waals surface area contributed by atoms with Crippen LogP contribution in [0.25, 0.3) is 11.4 Å². The van der Waals surface area contributed by atoms with Crippen LogP contribution in [0.1, 0.15) is 12.8 Å². The van der Waals surface area contributed by atoms with E-state index in [0.29, 0.717) is 18.1 Å². The minimum absolute atomic E-state index is 0.149. The summed E-state index contributed by atoms with van der Waals surface area (Å²) in [5, 5.41) is 17.9. The Labute approximate surface area is 126 Å². The Balaban J connectivity index is 2.24. The third kappa shape index (κ3) is 4.27. The van der Waals surface area contributed by atoms with Gasteiger partial charge in [-0.3, -0.25) is 9.78 Å². The van der Waals surface area contributed by atoms with E-state index in [1.807, 2.05) is 16.7 Å². The van der Waals surface area contributed by atoms with Crippen LogP contribution in [0.5, 0.6) is 0 Å². The highest BCUT2D eigenvalue weighted by Crippen LogP contribution is 2.23.